The van der Waals surface area contributed by atoms with E-state index in [0.29, 0.717) is 5.92 Å². The lowest BCUT2D eigenvalue weighted by Crippen LogP contribution is -2.39. The van der Waals surface area contributed by atoms with Crippen LogP contribution in [0.4, 0.5) is 4.39 Å². The third kappa shape index (κ3) is 5.76. The number of ether oxygens (including phenoxy) is 1. The second-order valence-corrected chi connectivity index (χ2v) is 7.17. The zero-order valence-electron chi connectivity index (χ0n) is 13.5. The van der Waals surface area contributed by atoms with Crippen LogP contribution in [0.5, 0.6) is 0 Å². The van der Waals surface area contributed by atoms with Gasteiger partial charge in [-0.2, -0.15) is 0 Å². The first-order valence-electron chi connectivity index (χ1n) is 8.02. The van der Waals surface area contributed by atoms with Gasteiger partial charge < -0.3 is 10.1 Å². The second kappa shape index (κ2) is 7.37. The Morgan fingerprint density at radius 1 is 1.19 bits per heavy atom. The molecule has 1 atom stereocenters. The third-order valence-corrected chi connectivity index (χ3v) is 4.18. The fourth-order valence-electron chi connectivity index (χ4n) is 2.89. The van der Waals surface area contributed by atoms with Crippen molar-refractivity contribution >= 4 is 0 Å². The molecule has 2 nitrogen and oxygen atoms in total. The molecule has 0 saturated carbocycles. The smallest absolute Gasteiger partial charge is 0.123 e. The summed E-state index contributed by atoms with van der Waals surface area (Å²) in [6.07, 6.45) is 3.44. The quantitative estimate of drug-likeness (QED) is 0.882. The van der Waals surface area contributed by atoms with E-state index in [2.05, 4.69) is 26.1 Å². The van der Waals surface area contributed by atoms with Crippen LogP contribution in [-0.2, 0) is 4.74 Å². The maximum absolute atomic E-state index is 13.2. The lowest BCUT2D eigenvalue weighted by Gasteiger charge is -2.30. The largest absolute Gasteiger partial charge is 0.381 e. The van der Waals surface area contributed by atoms with Gasteiger partial charge in [0.1, 0.15) is 5.82 Å². The summed E-state index contributed by atoms with van der Waals surface area (Å²) in [5, 5.41) is 3.60. The molecule has 118 valence electrons. The average Bonchev–Trinajstić information content (AvgIpc) is 2.45. The molecule has 1 heterocycles. The summed E-state index contributed by atoms with van der Waals surface area (Å²) >= 11 is 0. The van der Waals surface area contributed by atoms with E-state index in [-0.39, 0.29) is 11.4 Å². The first kappa shape index (κ1) is 16.4. The van der Waals surface area contributed by atoms with Crippen LogP contribution in [0.3, 0.4) is 0 Å². The molecule has 1 aromatic rings. The lowest BCUT2D eigenvalue weighted by atomic mass is 9.84. The van der Waals surface area contributed by atoms with Crippen LogP contribution in [0.1, 0.15) is 51.5 Å². The number of hydrogen-bond acceptors (Lipinski definition) is 2. The van der Waals surface area contributed by atoms with Gasteiger partial charge >= 0.3 is 0 Å². The van der Waals surface area contributed by atoms with Crippen LogP contribution in [0.2, 0.25) is 0 Å². The van der Waals surface area contributed by atoms with Gasteiger partial charge in [-0.25, -0.2) is 4.39 Å². The van der Waals surface area contributed by atoms with Crippen molar-refractivity contribution in [1.29, 1.82) is 0 Å². The summed E-state index contributed by atoms with van der Waals surface area (Å²) in [6, 6.07) is 7.01. The molecule has 1 fully saturated rings. The van der Waals surface area contributed by atoms with Gasteiger partial charge in [-0.3, -0.25) is 0 Å². The summed E-state index contributed by atoms with van der Waals surface area (Å²) in [6.45, 7) is 9.25. The second-order valence-electron chi connectivity index (χ2n) is 7.17. The number of hydrogen-bond donors (Lipinski definition) is 1. The summed E-state index contributed by atoms with van der Waals surface area (Å²) in [4.78, 5) is 0. The Labute approximate surface area is 128 Å². The molecule has 3 heteroatoms. The molecule has 1 saturated heterocycles. The summed E-state index contributed by atoms with van der Waals surface area (Å²) in [7, 11) is 0. The molecule has 21 heavy (non-hydrogen) atoms. The molecule has 0 bridgehead atoms. The number of halogens is 1. The van der Waals surface area contributed by atoms with E-state index in [1.807, 2.05) is 12.1 Å². The Bertz CT molecular complexity index is 418. The van der Waals surface area contributed by atoms with Crippen molar-refractivity contribution in [2.75, 3.05) is 19.8 Å². The van der Waals surface area contributed by atoms with Crippen molar-refractivity contribution in [1.82, 2.24) is 5.32 Å². The average molecular weight is 293 g/mol. The highest BCUT2D eigenvalue weighted by Crippen LogP contribution is 2.29. The lowest BCUT2D eigenvalue weighted by molar-refractivity contribution is 0.0614. The summed E-state index contributed by atoms with van der Waals surface area (Å²) in [5.41, 5.74) is 1.34. The van der Waals surface area contributed by atoms with Gasteiger partial charge in [0, 0.05) is 25.3 Å². The molecule has 1 N–H and O–H groups in total. The number of benzene rings is 1. The molecule has 0 aliphatic carbocycles. The normalized spacial score (nSPS) is 18.7. The minimum Gasteiger partial charge on any atom is -0.381 e. The standard InChI is InChI=1S/C18H28FNO/c1-18(2,3)20-13-16(12-14-8-10-21-11-9-14)15-4-6-17(19)7-5-15/h4-7,14,16,20H,8-13H2,1-3H3. The summed E-state index contributed by atoms with van der Waals surface area (Å²) in [5.74, 6) is 0.996. The number of nitrogens with one attached hydrogen (secondary N) is 1. The van der Waals surface area contributed by atoms with Crippen molar-refractivity contribution in [3.8, 4) is 0 Å². The van der Waals surface area contributed by atoms with Crippen molar-refractivity contribution in [2.45, 2.75) is 51.5 Å². The van der Waals surface area contributed by atoms with E-state index >= 15 is 0 Å². The van der Waals surface area contributed by atoms with Crippen molar-refractivity contribution in [3.63, 3.8) is 0 Å². The molecular weight excluding hydrogens is 265 g/mol. The highest BCUT2D eigenvalue weighted by Gasteiger charge is 2.22. The van der Waals surface area contributed by atoms with Crippen LogP contribution in [-0.4, -0.2) is 25.3 Å². The van der Waals surface area contributed by atoms with Crippen molar-refractivity contribution in [3.05, 3.63) is 35.6 Å². The van der Waals surface area contributed by atoms with E-state index in [1.54, 1.807) is 12.1 Å². The first-order chi connectivity index (χ1) is 9.94. The molecule has 0 spiro atoms. The van der Waals surface area contributed by atoms with Gasteiger partial charge in [0.05, 0.1) is 0 Å². The monoisotopic (exact) mass is 293 g/mol. The van der Waals surface area contributed by atoms with E-state index in [0.717, 1.165) is 44.9 Å². The van der Waals surface area contributed by atoms with E-state index in [1.165, 1.54) is 5.56 Å². The Kier molecular flexibility index (Phi) is 5.77. The first-order valence-corrected chi connectivity index (χ1v) is 8.02. The van der Waals surface area contributed by atoms with Crippen LogP contribution in [0, 0.1) is 11.7 Å². The van der Waals surface area contributed by atoms with Crippen LogP contribution in [0.25, 0.3) is 0 Å². The topological polar surface area (TPSA) is 21.3 Å². The molecule has 1 aliphatic heterocycles. The van der Waals surface area contributed by atoms with Gasteiger partial charge in [0.2, 0.25) is 0 Å². The highest BCUT2D eigenvalue weighted by atomic mass is 19.1. The predicted octanol–water partition coefficient (Wildman–Crippen LogP) is 4.11. The Morgan fingerprint density at radius 2 is 1.81 bits per heavy atom. The van der Waals surface area contributed by atoms with E-state index in [9.17, 15) is 4.39 Å². The fourth-order valence-corrected chi connectivity index (χ4v) is 2.89. The molecule has 1 aromatic carbocycles. The Morgan fingerprint density at radius 3 is 2.38 bits per heavy atom. The SMILES string of the molecule is CC(C)(C)NCC(CC1CCOCC1)c1ccc(F)cc1. The van der Waals surface area contributed by atoms with Gasteiger partial charge in [-0.15, -0.1) is 0 Å². The van der Waals surface area contributed by atoms with Gasteiger partial charge in [0.15, 0.2) is 0 Å². The zero-order chi connectivity index (χ0) is 15.3. The highest BCUT2D eigenvalue weighted by molar-refractivity contribution is 5.21. The predicted molar refractivity (Wildman–Crippen MR) is 85.1 cm³/mol. The molecule has 2 rings (SSSR count). The van der Waals surface area contributed by atoms with Gasteiger partial charge in [0.25, 0.3) is 0 Å². The molecule has 0 aromatic heterocycles. The number of rotatable bonds is 5. The summed E-state index contributed by atoms with van der Waals surface area (Å²) < 4.78 is 18.6. The Balaban J connectivity index is 2.03. The van der Waals surface area contributed by atoms with E-state index < -0.39 is 0 Å². The molecule has 0 amide bonds. The molecule has 1 unspecified atom stereocenters. The Hall–Kier alpha value is -0.930. The molecular formula is C18H28FNO. The van der Waals surface area contributed by atoms with Crippen molar-refractivity contribution in [2.24, 2.45) is 5.92 Å². The van der Waals surface area contributed by atoms with Crippen LogP contribution < -0.4 is 5.32 Å². The minimum atomic E-state index is -0.160. The zero-order valence-corrected chi connectivity index (χ0v) is 13.5. The molecule has 0 radical (unpaired) electrons. The third-order valence-electron chi connectivity index (χ3n) is 4.18. The van der Waals surface area contributed by atoms with E-state index in [4.69, 9.17) is 4.74 Å². The minimum absolute atomic E-state index is 0.105. The van der Waals surface area contributed by atoms with Gasteiger partial charge in [-0.1, -0.05) is 12.1 Å². The van der Waals surface area contributed by atoms with Crippen LogP contribution >= 0.6 is 0 Å². The fraction of sp³-hybridized carbons (Fsp3) is 0.667. The van der Waals surface area contributed by atoms with Crippen LogP contribution in [0.15, 0.2) is 24.3 Å². The van der Waals surface area contributed by atoms with Gasteiger partial charge in [-0.05, 0) is 69.6 Å². The molecule has 1 aliphatic rings. The maximum atomic E-state index is 13.2. The van der Waals surface area contributed by atoms with Crippen molar-refractivity contribution < 1.29 is 9.13 Å². The maximum Gasteiger partial charge on any atom is 0.123 e.